The van der Waals surface area contributed by atoms with Gasteiger partial charge >= 0.3 is 0 Å². The highest BCUT2D eigenvalue weighted by molar-refractivity contribution is 9.10. The second kappa shape index (κ2) is 4.10. The Kier molecular flexibility index (Phi) is 3.09. The van der Waals surface area contributed by atoms with E-state index in [4.69, 9.17) is 15.7 Å². The minimum atomic E-state index is 0.254. The molecule has 1 aromatic heterocycles. The van der Waals surface area contributed by atoms with Crippen molar-refractivity contribution in [3.63, 3.8) is 0 Å². The molecule has 0 spiro atoms. The second-order valence-electron chi connectivity index (χ2n) is 2.26. The molecule has 1 aromatic rings. The van der Waals surface area contributed by atoms with Crippen molar-refractivity contribution >= 4 is 21.6 Å². The van der Waals surface area contributed by atoms with E-state index in [0.717, 1.165) is 0 Å². The average molecular weight is 242 g/mol. The van der Waals surface area contributed by atoms with Gasteiger partial charge in [0, 0.05) is 0 Å². The quantitative estimate of drug-likeness (QED) is 0.856. The van der Waals surface area contributed by atoms with Crippen molar-refractivity contribution in [3.05, 3.63) is 16.2 Å². The summed E-state index contributed by atoms with van der Waals surface area (Å²) in [6.07, 6.45) is 0. The average Bonchev–Trinajstić information content (AvgIpc) is 2.13. The number of hydrogen-bond acceptors (Lipinski definition) is 4. The number of nitriles is 1. The number of halogens is 1. The lowest BCUT2D eigenvalue weighted by molar-refractivity contribution is 0.324. The number of hydrogen-bond donors (Lipinski definition) is 1. The van der Waals surface area contributed by atoms with Crippen LogP contribution in [0, 0.1) is 11.3 Å². The second-order valence-corrected chi connectivity index (χ2v) is 3.05. The third-order valence-corrected chi connectivity index (χ3v) is 2.15. The highest BCUT2D eigenvalue weighted by Crippen LogP contribution is 2.29. The van der Waals surface area contributed by atoms with Crippen molar-refractivity contribution in [1.29, 1.82) is 5.26 Å². The minimum Gasteiger partial charge on any atom is -0.477 e. The normalized spacial score (nSPS) is 9.31. The molecule has 0 unspecified atom stereocenters. The molecule has 13 heavy (non-hydrogen) atoms. The highest BCUT2D eigenvalue weighted by atomic mass is 79.9. The van der Waals surface area contributed by atoms with Crippen LogP contribution in [0.3, 0.4) is 0 Å². The monoisotopic (exact) mass is 241 g/mol. The lowest BCUT2D eigenvalue weighted by Crippen LogP contribution is -2.00. The molecule has 4 nitrogen and oxygen atoms in total. The Morgan fingerprint density at radius 2 is 2.46 bits per heavy atom. The van der Waals surface area contributed by atoms with Crippen LogP contribution in [0.1, 0.15) is 12.6 Å². The van der Waals surface area contributed by atoms with E-state index in [1.165, 1.54) is 6.07 Å². The van der Waals surface area contributed by atoms with Crippen molar-refractivity contribution in [2.75, 3.05) is 12.3 Å². The van der Waals surface area contributed by atoms with E-state index in [0.29, 0.717) is 22.6 Å². The first-order chi connectivity index (χ1) is 6.19. The minimum absolute atomic E-state index is 0.254. The summed E-state index contributed by atoms with van der Waals surface area (Å²) in [7, 11) is 0. The van der Waals surface area contributed by atoms with Crippen LogP contribution in [-0.4, -0.2) is 11.6 Å². The number of nitrogens with two attached hydrogens (primary N) is 1. The summed E-state index contributed by atoms with van der Waals surface area (Å²) in [5.74, 6) is 0.360. The summed E-state index contributed by atoms with van der Waals surface area (Å²) in [5, 5.41) is 8.61. The van der Waals surface area contributed by atoms with Gasteiger partial charge in [-0.15, -0.1) is 0 Å². The maximum absolute atomic E-state index is 8.61. The number of pyridine rings is 1. The summed E-state index contributed by atoms with van der Waals surface area (Å²) < 4.78 is 5.76. The number of nitrogens with zero attached hydrogens (tertiary/aromatic N) is 2. The molecule has 0 saturated heterocycles. The van der Waals surface area contributed by atoms with Crippen LogP contribution >= 0.6 is 15.9 Å². The fourth-order valence-corrected chi connectivity index (χ4v) is 1.13. The molecule has 1 rings (SSSR count). The Morgan fingerprint density at radius 1 is 1.77 bits per heavy atom. The first kappa shape index (κ1) is 9.81. The first-order valence-corrected chi connectivity index (χ1v) is 4.47. The number of aromatic nitrogens is 1. The van der Waals surface area contributed by atoms with Crippen molar-refractivity contribution in [3.8, 4) is 11.9 Å². The van der Waals surface area contributed by atoms with Crippen molar-refractivity contribution in [2.45, 2.75) is 6.92 Å². The summed E-state index contributed by atoms with van der Waals surface area (Å²) in [5.41, 5.74) is 6.32. The van der Waals surface area contributed by atoms with Gasteiger partial charge in [0.1, 0.15) is 16.2 Å². The Balaban J connectivity index is 3.18. The first-order valence-electron chi connectivity index (χ1n) is 3.68. The van der Waals surface area contributed by atoms with Gasteiger partial charge in [-0.2, -0.15) is 5.26 Å². The maximum Gasteiger partial charge on any atom is 0.231 e. The summed E-state index contributed by atoms with van der Waals surface area (Å²) in [6.45, 7) is 2.32. The van der Waals surface area contributed by atoms with Crippen LogP contribution in [0.15, 0.2) is 10.5 Å². The van der Waals surface area contributed by atoms with E-state index in [1.807, 2.05) is 13.0 Å². The van der Waals surface area contributed by atoms with E-state index < -0.39 is 0 Å². The zero-order chi connectivity index (χ0) is 9.84. The Hall–Kier alpha value is -1.28. The smallest absolute Gasteiger partial charge is 0.231 e. The van der Waals surface area contributed by atoms with Crippen LogP contribution in [0.5, 0.6) is 5.88 Å². The van der Waals surface area contributed by atoms with E-state index in [2.05, 4.69) is 20.9 Å². The molecule has 68 valence electrons. The molecule has 2 N–H and O–H groups in total. The topological polar surface area (TPSA) is 71.9 Å². The number of ether oxygens (including phenoxy) is 1. The summed E-state index contributed by atoms with van der Waals surface area (Å²) in [6, 6.07) is 3.39. The highest BCUT2D eigenvalue weighted by Gasteiger charge is 2.08. The number of rotatable bonds is 2. The van der Waals surface area contributed by atoms with Gasteiger partial charge in [0.25, 0.3) is 0 Å². The van der Waals surface area contributed by atoms with Crippen LogP contribution in [0.2, 0.25) is 0 Å². The lowest BCUT2D eigenvalue weighted by Gasteiger charge is -2.06. The summed E-state index contributed by atoms with van der Waals surface area (Å²) in [4.78, 5) is 3.93. The fourth-order valence-electron chi connectivity index (χ4n) is 0.815. The van der Waals surface area contributed by atoms with Crippen molar-refractivity contribution < 1.29 is 4.74 Å². The third-order valence-electron chi connectivity index (χ3n) is 1.35. The zero-order valence-electron chi connectivity index (χ0n) is 7.04. The number of nitrogen functional groups attached to an aromatic ring is 1. The summed E-state index contributed by atoms with van der Waals surface area (Å²) >= 11 is 3.22. The Labute approximate surface area is 84.5 Å². The maximum atomic E-state index is 8.61. The molecule has 0 aromatic carbocycles. The SMILES string of the molecule is CCOc1nc(C#N)cc(N)c1Br. The molecule has 1 heterocycles. The van der Waals surface area contributed by atoms with Crippen molar-refractivity contribution in [2.24, 2.45) is 0 Å². The van der Waals surface area contributed by atoms with Gasteiger partial charge in [-0.05, 0) is 28.9 Å². The zero-order valence-corrected chi connectivity index (χ0v) is 8.63. The fraction of sp³-hybridized carbons (Fsp3) is 0.250. The van der Waals surface area contributed by atoms with E-state index in [9.17, 15) is 0 Å². The predicted molar refractivity (Wildman–Crippen MR) is 52.2 cm³/mol. The molecule has 0 atom stereocenters. The third kappa shape index (κ3) is 2.10. The van der Waals surface area contributed by atoms with Gasteiger partial charge < -0.3 is 10.5 Å². The molecule has 0 radical (unpaired) electrons. The molecule has 0 amide bonds. The largest absolute Gasteiger partial charge is 0.477 e. The van der Waals surface area contributed by atoms with Gasteiger partial charge in [-0.3, -0.25) is 0 Å². The van der Waals surface area contributed by atoms with Crippen LogP contribution in [0.25, 0.3) is 0 Å². The molecule has 0 aliphatic carbocycles. The van der Waals surface area contributed by atoms with Gasteiger partial charge in [0.15, 0.2) is 0 Å². The predicted octanol–water partition coefficient (Wildman–Crippen LogP) is 1.70. The number of anilines is 1. The molecular formula is C8H8BrN3O. The lowest BCUT2D eigenvalue weighted by atomic mass is 10.3. The molecule has 0 saturated carbocycles. The molecule has 0 bridgehead atoms. The van der Waals surface area contributed by atoms with E-state index in [1.54, 1.807) is 0 Å². The molecular weight excluding hydrogens is 234 g/mol. The van der Waals surface area contributed by atoms with Gasteiger partial charge in [0.05, 0.1) is 12.3 Å². The molecule has 0 aliphatic heterocycles. The van der Waals surface area contributed by atoms with Crippen molar-refractivity contribution in [1.82, 2.24) is 4.98 Å². The van der Waals surface area contributed by atoms with Crippen LogP contribution in [0.4, 0.5) is 5.69 Å². The standard InChI is InChI=1S/C8H8BrN3O/c1-2-13-8-7(9)6(11)3-5(4-10)12-8/h3H,2H2,1H3,(H2,11,12). The molecule has 0 aliphatic rings. The Bertz CT molecular complexity index is 359. The van der Waals surface area contributed by atoms with E-state index >= 15 is 0 Å². The van der Waals surface area contributed by atoms with Gasteiger partial charge in [-0.1, -0.05) is 0 Å². The molecule has 0 fully saturated rings. The Morgan fingerprint density at radius 3 is 3.00 bits per heavy atom. The van der Waals surface area contributed by atoms with Crippen LogP contribution < -0.4 is 10.5 Å². The van der Waals surface area contributed by atoms with Gasteiger partial charge in [0.2, 0.25) is 5.88 Å². The molecule has 5 heteroatoms. The van der Waals surface area contributed by atoms with Crippen LogP contribution in [-0.2, 0) is 0 Å². The van der Waals surface area contributed by atoms with Gasteiger partial charge in [-0.25, -0.2) is 4.98 Å². The van der Waals surface area contributed by atoms with E-state index in [-0.39, 0.29) is 5.69 Å².